The highest BCUT2D eigenvalue weighted by molar-refractivity contribution is 5.30. The Morgan fingerprint density at radius 1 is 0.510 bits per heavy atom. The van der Waals surface area contributed by atoms with E-state index in [4.69, 9.17) is 0 Å². The number of aryl methyl sites for hydroxylation is 1. The summed E-state index contributed by atoms with van der Waals surface area (Å²) >= 11 is 0. The van der Waals surface area contributed by atoms with Crippen molar-refractivity contribution >= 4 is 0 Å². The third-order valence-corrected chi connectivity index (χ3v) is 11.8. The molecule has 2 nitrogen and oxygen atoms in total. The van der Waals surface area contributed by atoms with Crippen molar-refractivity contribution in [3.05, 3.63) is 90.5 Å². The molecule has 2 unspecified atom stereocenters. The monoisotopic (exact) mass is 698 g/mol. The number of hydrogen-bond donors (Lipinski definition) is 0. The van der Waals surface area contributed by atoms with Crippen molar-refractivity contribution in [2.45, 2.75) is 219 Å². The second-order valence-corrected chi connectivity index (χ2v) is 16.3. The zero-order valence-corrected chi connectivity index (χ0v) is 34.0. The number of imidazole rings is 1. The fraction of sp³-hybridized carbons (Fsp3) is 0.694. The first-order valence-corrected chi connectivity index (χ1v) is 22.3. The van der Waals surface area contributed by atoms with Gasteiger partial charge in [0.2, 0.25) is 6.33 Å². The van der Waals surface area contributed by atoms with E-state index in [1.807, 2.05) is 0 Å². The maximum atomic E-state index is 2.60. The average Bonchev–Trinajstić information content (AvgIpc) is 3.62. The second kappa shape index (κ2) is 28.2. The molecule has 2 atom stereocenters. The van der Waals surface area contributed by atoms with Gasteiger partial charge in [0, 0.05) is 5.41 Å². The van der Waals surface area contributed by atoms with Gasteiger partial charge < -0.3 is 0 Å². The minimum atomic E-state index is 0.00596. The Morgan fingerprint density at radius 2 is 0.922 bits per heavy atom. The lowest BCUT2D eigenvalue weighted by atomic mass is 9.70. The van der Waals surface area contributed by atoms with E-state index in [1.165, 1.54) is 184 Å². The number of rotatable bonds is 33. The lowest BCUT2D eigenvalue weighted by Crippen LogP contribution is -2.38. The summed E-state index contributed by atoms with van der Waals surface area (Å²) in [6.07, 6.45) is 46.1. The van der Waals surface area contributed by atoms with E-state index in [9.17, 15) is 0 Å². The number of aromatic nitrogens is 2. The molecule has 0 aliphatic heterocycles. The van der Waals surface area contributed by atoms with Crippen LogP contribution >= 0.6 is 0 Å². The molecule has 0 amide bonds. The molecule has 0 spiro atoms. The van der Waals surface area contributed by atoms with E-state index in [0.29, 0.717) is 6.04 Å². The summed E-state index contributed by atoms with van der Waals surface area (Å²) in [6.45, 7) is 8.29. The zero-order valence-electron chi connectivity index (χ0n) is 34.0. The van der Waals surface area contributed by atoms with Gasteiger partial charge in [-0.3, -0.25) is 0 Å². The van der Waals surface area contributed by atoms with Gasteiger partial charge in [0.15, 0.2) is 0 Å². The molecule has 0 aliphatic rings. The van der Waals surface area contributed by atoms with E-state index >= 15 is 0 Å². The van der Waals surface area contributed by atoms with E-state index in [-0.39, 0.29) is 5.41 Å². The van der Waals surface area contributed by atoms with Crippen LogP contribution in [0.25, 0.3) is 0 Å². The number of hydrogen-bond acceptors (Lipinski definition) is 0. The number of benzene rings is 2. The molecule has 3 rings (SSSR count). The van der Waals surface area contributed by atoms with Gasteiger partial charge >= 0.3 is 0 Å². The van der Waals surface area contributed by atoms with Gasteiger partial charge in [-0.1, -0.05) is 229 Å². The molecule has 0 fully saturated rings. The highest BCUT2D eigenvalue weighted by Crippen LogP contribution is 2.41. The normalized spacial score (nSPS) is 13.4. The Kier molecular flexibility index (Phi) is 23.8. The van der Waals surface area contributed by atoms with Crippen molar-refractivity contribution < 1.29 is 4.57 Å². The van der Waals surface area contributed by atoms with Crippen LogP contribution in [0.1, 0.15) is 211 Å². The number of nitrogens with zero attached hydrogens (tertiary/aromatic N) is 2. The highest BCUT2D eigenvalue weighted by Gasteiger charge is 2.40. The lowest BCUT2D eigenvalue weighted by molar-refractivity contribution is -0.697. The van der Waals surface area contributed by atoms with Gasteiger partial charge in [-0.15, -0.1) is 0 Å². The molecule has 0 aliphatic carbocycles. The minimum Gasteiger partial charge on any atom is -0.237 e. The third-order valence-electron chi connectivity index (χ3n) is 11.8. The molecular weight excluding hydrogens is 617 g/mol. The molecule has 1 aromatic heterocycles. The van der Waals surface area contributed by atoms with E-state index in [2.05, 4.69) is 109 Å². The summed E-state index contributed by atoms with van der Waals surface area (Å²) in [5.74, 6) is 0. The molecule has 51 heavy (non-hydrogen) atoms. The summed E-state index contributed by atoms with van der Waals surface area (Å²) in [6, 6.07) is 23.1. The van der Waals surface area contributed by atoms with Gasteiger partial charge in [0.05, 0.1) is 6.54 Å². The average molecular weight is 698 g/mol. The van der Waals surface area contributed by atoms with Crippen LogP contribution in [0.3, 0.4) is 0 Å². The second-order valence-electron chi connectivity index (χ2n) is 16.3. The van der Waals surface area contributed by atoms with Crippen molar-refractivity contribution in [1.82, 2.24) is 4.57 Å². The van der Waals surface area contributed by atoms with Crippen LogP contribution in [0.2, 0.25) is 0 Å². The standard InChI is InChI=1S/C49H81N2/c1-4-6-8-10-12-14-16-18-19-20-22-24-26-34-40-48(49(3,47-38-32-29-33-39-47)44-46-36-30-28-31-37-46)51-43-42-50(45-51)41-35-27-25-23-21-17-15-13-11-9-7-5-2/h28-33,36-39,42-43,45,48H,4-27,34-35,40-41,44H2,1-3H3/q+1. The van der Waals surface area contributed by atoms with Crippen LogP contribution in [0, 0.1) is 0 Å². The lowest BCUT2D eigenvalue weighted by Gasteiger charge is -2.37. The summed E-state index contributed by atoms with van der Waals surface area (Å²) in [7, 11) is 0. The summed E-state index contributed by atoms with van der Waals surface area (Å²) in [5, 5.41) is 0. The Labute approximate surface area is 317 Å². The first-order valence-electron chi connectivity index (χ1n) is 22.3. The Bertz CT molecular complexity index is 1180. The fourth-order valence-electron chi connectivity index (χ4n) is 8.44. The molecule has 2 heteroatoms. The minimum absolute atomic E-state index is 0.00596. The summed E-state index contributed by atoms with van der Waals surface area (Å²) in [5.41, 5.74) is 2.91. The van der Waals surface area contributed by atoms with Crippen LogP contribution in [-0.4, -0.2) is 4.57 Å². The molecule has 0 saturated heterocycles. The van der Waals surface area contributed by atoms with Gasteiger partial charge in [0.1, 0.15) is 18.4 Å². The highest BCUT2D eigenvalue weighted by atomic mass is 15.1. The SMILES string of the molecule is CCCCCCCCCCCCCCCCC(n1cc[n+](CCCCCCCCCCCCCC)c1)C(C)(Cc1ccccc1)c1ccccc1. The number of unbranched alkanes of at least 4 members (excludes halogenated alkanes) is 24. The molecular formula is C49H81N2+. The Balaban J connectivity index is 1.50. The molecule has 0 bridgehead atoms. The smallest absolute Gasteiger partial charge is 0.237 e. The summed E-state index contributed by atoms with van der Waals surface area (Å²) < 4.78 is 5.07. The van der Waals surface area contributed by atoms with Gasteiger partial charge in [-0.2, -0.15) is 0 Å². The predicted molar refractivity (Wildman–Crippen MR) is 224 cm³/mol. The molecule has 3 aromatic rings. The predicted octanol–water partition coefficient (Wildman–Crippen LogP) is 15.1. The van der Waals surface area contributed by atoms with Gasteiger partial charge in [-0.25, -0.2) is 9.13 Å². The van der Waals surface area contributed by atoms with Crippen molar-refractivity contribution in [1.29, 1.82) is 0 Å². The van der Waals surface area contributed by atoms with Crippen LogP contribution in [-0.2, 0) is 18.4 Å². The van der Waals surface area contributed by atoms with Crippen molar-refractivity contribution in [2.75, 3.05) is 0 Å². The van der Waals surface area contributed by atoms with E-state index in [0.717, 1.165) is 13.0 Å². The zero-order chi connectivity index (χ0) is 36.1. The molecule has 0 saturated carbocycles. The molecule has 286 valence electrons. The van der Waals surface area contributed by atoms with Crippen molar-refractivity contribution in [3.8, 4) is 0 Å². The van der Waals surface area contributed by atoms with E-state index in [1.54, 1.807) is 0 Å². The van der Waals surface area contributed by atoms with Crippen LogP contribution in [0.5, 0.6) is 0 Å². The topological polar surface area (TPSA) is 8.81 Å². The molecule has 2 aromatic carbocycles. The van der Waals surface area contributed by atoms with Gasteiger partial charge in [0.25, 0.3) is 0 Å². The molecule has 0 radical (unpaired) electrons. The molecule has 1 heterocycles. The summed E-state index contributed by atoms with van der Waals surface area (Å²) in [4.78, 5) is 0. The third kappa shape index (κ3) is 18.3. The molecule has 0 N–H and O–H groups in total. The van der Waals surface area contributed by atoms with Crippen molar-refractivity contribution in [3.63, 3.8) is 0 Å². The fourth-order valence-corrected chi connectivity index (χ4v) is 8.44. The Morgan fingerprint density at radius 3 is 1.39 bits per heavy atom. The van der Waals surface area contributed by atoms with Crippen molar-refractivity contribution in [2.24, 2.45) is 0 Å². The first kappa shape index (κ1) is 43.1. The van der Waals surface area contributed by atoms with Crippen LogP contribution in [0.15, 0.2) is 79.4 Å². The van der Waals surface area contributed by atoms with Gasteiger partial charge in [-0.05, 0) is 43.2 Å². The van der Waals surface area contributed by atoms with Crippen LogP contribution < -0.4 is 4.57 Å². The Hall–Kier alpha value is -2.35. The largest absolute Gasteiger partial charge is 0.244 e. The quantitative estimate of drug-likeness (QED) is 0.0442. The maximum Gasteiger partial charge on any atom is 0.244 e. The first-order chi connectivity index (χ1) is 25.2. The van der Waals surface area contributed by atoms with Crippen LogP contribution in [0.4, 0.5) is 0 Å². The van der Waals surface area contributed by atoms with E-state index < -0.39 is 0 Å². The maximum absolute atomic E-state index is 2.60.